The molecule has 1 amide bonds. The SMILES string of the molecule is C=C(C)c1ccc(S(=O)(=O)N[C@@H](Cc2c[nH]c3ccccc23)C(=O)NCCCCC(C(=O)O)N(CC(C)C)S(=O)(=O)c2ccc(N)cc2)cc1. The number of H-pyrrole nitrogens is 1. The highest BCUT2D eigenvalue weighted by Crippen LogP contribution is 2.24. The van der Waals surface area contributed by atoms with Gasteiger partial charge in [-0.25, -0.2) is 16.8 Å². The van der Waals surface area contributed by atoms with Gasteiger partial charge in [0.25, 0.3) is 0 Å². The molecule has 1 heterocycles. The van der Waals surface area contributed by atoms with Gasteiger partial charge in [0.15, 0.2) is 0 Å². The van der Waals surface area contributed by atoms with Gasteiger partial charge < -0.3 is 21.1 Å². The van der Waals surface area contributed by atoms with E-state index in [4.69, 9.17) is 5.73 Å². The Labute approximate surface area is 293 Å². The number of carbonyl (C=O) groups is 2. The number of amides is 1. The summed E-state index contributed by atoms with van der Waals surface area (Å²) < 4.78 is 57.6. The molecule has 0 aliphatic heterocycles. The first kappa shape index (κ1) is 38.3. The van der Waals surface area contributed by atoms with E-state index in [0.717, 1.165) is 31.9 Å². The van der Waals surface area contributed by atoms with Gasteiger partial charge in [0.2, 0.25) is 26.0 Å². The van der Waals surface area contributed by atoms with Crippen LogP contribution in [0, 0.1) is 5.92 Å². The first-order valence-corrected chi connectivity index (χ1v) is 19.2. The molecule has 4 aromatic rings. The average molecular weight is 724 g/mol. The molecule has 14 heteroatoms. The van der Waals surface area contributed by atoms with Crippen molar-refractivity contribution in [3.8, 4) is 0 Å². The van der Waals surface area contributed by atoms with E-state index in [1.54, 1.807) is 32.2 Å². The van der Waals surface area contributed by atoms with Crippen molar-refractivity contribution >= 4 is 54.1 Å². The Kier molecular flexibility index (Phi) is 12.6. The Hall–Kier alpha value is -4.50. The summed E-state index contributed by atoms with van der Waals surface area (Å²) in [5.41, 5.74) is 9.27. The van der Waals surface area contributed by atoms with Crippen molar-refractivity contribution in [1.82, 2.24) is 19.3 Å². The second kappa shape index (κ2) is 16.5. The quantitative estimate of drug-likeness (QED) is 0.0717. The molecular weight excluding hydrogens is 679 g/mol. The van der Waals surface area contributed by atoms with Crippen molar-refractivity contribution in [3.05, 3.63) is 96.7 Å². The molecule has 0 fully saturated rings. The van der Waals surface area contributed by atoms with Gasteiger partial charge in [-0.15, -0.1) is 0 Å². The van der Waals surface area contributed by atoms with E-state index in [1.165, 1.54) is 36.4 Å². The maximum Gasteiger partial charge on any atom is 0.322 e. The lowest BCUT2D eigenvalue weighted by Crippen LogP contribution is -2.48. The van der Waals surface area contributed by atoms with Gasteiger partial charge in [-0.2, -0.15) is 9.03 Å². The predicted molar refractivity (Wildman–Crippen MR) is 195 cm³/mol. The lowest BCUT2D eigenvalue weighted by Gasteiger charge is -2.29. The number of sulfonamides is 2. The van der Waals surface area contributed by atoms with Crippen LogP contribution in [-0.4, -0.2) is 68.3 Å². The van der Waals surface area contributed by atoms with Crippen LogP contribution in [0.2, 0.25) is 0 Å². The first-order valence-electron chi connectivity index (χ1n) is 16.3. The number of aliphatic carboxylic acids is 1. The normalized spacial score (nSPS) is 13.4. The summed E-state index contributed by atoms with van der Waals surface area (Å²) in [5.74, 6) is -1.99. The van der Waals surface area contributed by atoms with Gasteiger partial charge in [0, 0.05) is 35.9 Å². The number of aromatic amines is 1. The number of hydrogen-bond acceptors (Lipinski definition) is 7. The highest BCUT2D eigenvalue weighted by molar-refractivity contribution is 7.89. The number of aromatic nitrogens is 1. The number of nitrogen functional groups attached to an aromatic ring is 1. The number of allylic oxidation sites excluding steroid dienone is 1. The predicted octanol–water partition coefficient (Wildman–Crippen LogP) is 4.76. The van der Waals surface area contributed by atoms with Crippen molar-refractivity contribution in [2.24, 2.45) is 5.92 Å². The van der Waals surface area contributed by atoms with Gasteiger partial charge in [-0.05, 0) is 92.1 Å². The first-order chi connectivity index (χ1) is 23.6. The highest BCUT2D eigenvalue weighted by atomic mass is 32.2. The number of benzene rings is 3. The molecular formula is C36H45N5O7S2. The Morgan fingerprint density at radius 2 is 1.58 bits per heavy atom. The number of carbonyl (C=O) groups excluding carboxylic acids is 1. The maximum atomic E-state index is 13.6. The molecule has 0 radical (unpaired) electrons. The minimum absolute atomic E-state index is 0.00110. The van der Waals surface area contributed by atoms with Gasteiger partial charge in [-0.1, -0.05) is 56.3 Å². The van der Waals surface area contributed by atoms with Crippen LogP contribution in [-0.2, 0) is 36.1 Å². The van der Waals surface area contributed by atoms with E-state index in [0.29, 0.717) is 12.1 Å². The monoisotopic (exact) mass is 723 g/mol. The topological polar surface area (TPSA) is 192 Å². The molecule has 0 saturated carbocycles. The number of para-hydroxylation sites is 1. The largest absolute Gasteiger partial charge is 0.480 e. The molecule has 3 aromatic carbocycles. The maximum absolute atomic E-state index is 13.6. The number of anilines is 1. The van der Waals surface area contributed by atoms with Crippen molar-refractivity contribution in [2.45, 2.75) is 68.3 Å². The standard InChI is InChI=1S/C36H45N5O7S2/c1-24(2)23-41(50(47,48)30-18-14-28(37)15-19-30)34(36(43)44)11-7-8-20-38-35(42)33(21-27-22-39-32-10-6-5-9-31(27)32)40-49(45,46)29-16-12-26(13-17-29)25(3)4/h5-6,9-10,12-19,22,24,33-34,39-40H,3,7-8,11,20-21,23,37H2,1-2,4H3,(H,38,42)(H,43,44)/t33-,34?/m0/s1. The van der Waals surface area contributed by atoms with Crippen LogP contribution in [0.3, 0.4) is 0 Å². The van der Waals surface area contributed by atoms with E-state index < -0.39 is 44.0 Å². The molecule has 4 rings (SSSR count). The number of carboxylic acid groups (broad SMARTS) is 1. The van der Waals surface area contributed by atoms with E-state index in [1.807, 2.05) is 31.2 Å². The zero-order valence-corrected chi connectivity index (χ0v) is 30.1. The molecule has 50 heavy (non-hydrogen) atoms. The lowest BCUT2D eigenvalue weighted by atomic mass is 10.0. The molecule has 0 bridgehead atoms. The zero-order valence-electron chi connectivity index (χ0n) is 28.4. The summed E-state index contributed by atoms with van der Waals surface area (Å²) >= 11 is 0. The Bertz CT molecular complexity index is 2020. The summed E-state index contributed by atoms with van der Waals surface area (Å²) in [5, 5.41) is 13.7. The molecule has 0 aliphatic carbocycles. The van der Waals surface area contributed by atoms with Gasteiger partial charge in [0.1, 0.15) is 12.1 Å². The number of nitrogens with one attached hydrogen (secondary N) is 3. The third kappa shape index (κ3) is 9.59. The smallest absolute Gasteiger partial charge is 0.322 e. The number of carboxylic acids is 1. The summed E-state index contributed by atoms with van der Waals surface area (Å²) in [7, 11) is -8.26. The average Bonchev–Trinajstić information content (AvgIpc) is 3.47. The third-order valence-electron chi connectivity index (χ3n) is 8.24. The van der Waals surface area contributed by atoms with Crippen LogP contribution >= 0.6 is 0 Å². The minimum atomic E-state index is -4.16. The van der Waals surface area contributed by atoms with Crippen LogP contribution in [0.25, 0.3) is 16.5 Å². The number of nitrogens with zero attached hydrogens (tertiary/aromatic N) is 1. The van der Waals surface area contributed by atoms with Crippen molar-refractivity contribution in [3.63, 3.8) is 0 Å². The second-order valence-corrected chi connectivity index (χ2v) is 16.3. The molecule has 1 unspecified atom stereocenters. The molecule has 12 nitrogen and oxygen atoms in total. The van der Waals surface area contributed by atoms with Gasteiger partial charge in [0.05, 0.1) is 9.79 Å². The summed E-state index contributed by atoms with van der Waals surface area (Å²) in [4.78, 5) is 29.0. The molecule has 0 saturated heterocycles. The van der Waals surface area contributed by atoms with Crippen LogP contribution in [0.5, 0.6) is 0 Å². The van der Waals surface area contributed by atoms with E-state index in [-0.39, 0.29) is 48.1 Å². The molecule has 2 atom stereocenters. The fourth-order valence-corrected chi connectivity index (χ4v) is 8.57. The number of fused-ring (bicyclic) bond motifs is 1. The molecule has 1 aromatic heterocycles. The molecule has 6 N–H and O–H groups in total. The number of rotatable bonds is 18. The van der Waals surface area contributed by atoms with Crippen LogP contribution in [0.4, 0.5) is 5.69 Å². The zero-order chi connectivity index (χ0) is 36.6. The Balaban J connectivity index is 1.46. The lowest BCUT2D eigenvalue weighted by molar-refractivity contribution is -0.142. The van der Waals surface area contributed by atoms with Crippen LogP contribution in [0.1, 0.15) is 51.2 Å². The van der Waals surface area contributed by atoms with Crippen molar-refractivity contribution in [2.75, 3.05) is 18.8 Å². The fourth-order valence-electron chi connectivity index (χ4n) is 5.60. The van der Waals surface area contributed by atoms with E-state index in [9.17, 15) is 31.5 Å². The molecule has 268 valence electrons. The summed E-state index contributed by atoms with van der Waals surface area (Å²) in [6, 6.07) is 16.8. The van der Waals surface area contributed by atoms with Gasteiger partial charge in [-0.3, -0.25) is 9.59 Å². The van der Waals surface area contributed by atoms with Crippen LogP contribution in [0.15, 0.2) is 95.4 Å². The number of nitrogens with two attached hydrogens (primary N) is 1. The van der Waals surface area contributed by atoms with Crippen LogP contribution < -0.4 is 15.8 Å². The molecule has 0 spiro atoms. The summed E-state index contributed by atoms with van der Waals surface area (Å²) in [6.45, 7) is 9.40. The third-order valence-corrected chi connectivity index (χ3v) is 11.6. The Morgan fingerprint density at radius 3 is 2.20 bits per heavy atom. The minimum Gasteiger partial charge on any atom is -0.480 e. The molecule has 0 aliphatic rings. The number of hydrogen-bond donors (Lipinski definition) is 5. The Morgan fingerprint density at radius 1 is 0.940 bits per heavy atom. The summed E-state index contributed by atoms with van der Waals surface area (Å²) in [6.07, 6.45) is 2.40. The fraction of sp³-hybridized carbons (Fsp3) is 0.333. The van der Waals surface area contributed by atoms with E-state index >= 15 is 0 Å². The number of unbranched alkanes of at least 4 members (excludes halogenated alkanes) is 1. The van der Waals surface area contributed by atoms with Crippen molar-refractivity contribution in [1.29, 1.82) is 0 Å². The van der Waals surface area contributed by atoms with Gasteiger partial charge >= 0.3 is 5.97 Å². The second-order valence-electron chi connectivity index (χ2n) is 12.7. The van der Waals surface area contributed by atoms with E-state index in [2.05, 4.69) is 21.6 Å². The highest BCUT2D eigenvalue weighted by Gasteiger charge is 2.36. The van der Waals surface area contributed by atoms with Crippen molar-refractivity contribution < 1.29 is 31.5 Å².